The minimum Gasteiger partial charge on any atom is -0.481 e. The van der Waals surface area contributed by atoms with Crippen LogP contribution < -0.4 is 11.1 Å². The SMILES string of the molecule is CC(C)CC(CNC(=O)c1ccc(N)c(F)c1)C(=O)O. The first-order valence-electron chi connectivity index (χ1n) is 6.37. The lowest BCUT2D eigenvalue weighted by Gasteiger charge is -2.15. The third-order valence-corrected chi connectivity index (χ3v) is 2.88. The first kappa shape index (κ1) is 15.9. The summed E-state index contributed by atoms with van der Waals surface area (Å²) in [7, 11) is 0. The van der Waals surface area contributed by atoms with Crippen LogP contribution in [0.3, 0.4) is 0 Å². The zero-order valence-corrected chi connectivity index (χ0v) is 11.5. The molecule has 110 valence electrons. The smallest absolute Gasteiger partial charge is 0.308 e. The quantitative estimate of drug-likeness (QED) is 0.695. The molecule has 0 heterocycles. The van der Waals surface area contributed by atoms with Crippen molar-refractivity contribution in [2.75, 3.05) is 12.3 Å². The van der Waals surface area contributed by atoms with Crippen LogP contribution in [0, 0.1) is 17.7 Å². The highest BCUT2D eigenvalue weighted by molar-refractivity contribution is 5.94. The Hall–Kier alpha value is -2.11. The minimum absolute atomic E-state index is 0.0122. The van der Waals surface area contributed by atoms with Gasteiger partial charge in [0.1, 0.15) is 5.82 Å². The van der Waals surface area contributed by atoms with Crippen LogP contribution in [-0.4, -0.2) is 23.5 Å². The van der Waals surface area contributed by atoms with Crippen molar-refractivity contribution in [1.29, 1.82) is 0 Å². The minimum atomic E-state index is -0.956. The van der Waals surface area contributed by atoms with Gasteiger partial charge in [-0.2, -0.15) is 0 Å². The molecule has 1 aromatic carbocycles. The van der Waals surface area contributed by atoms with Crippen molar-refractivity contribution in [2.45, 2.75) is 20.3 Å². The Morgan fingerprint density at radius 3 is 2.55 bits per heavy atom. The summed E-state index contributed by atoms with van der Waals surface area (Å²) in [5.41, 5.74) is 5.40. The van der Waals surface area contributed by atoms with Crippen molar-refractivity contribution in [3.8, 4) is 0 Å². The molecule has 0 aliphatic rings. The number of carbonyl (C=O) groups is 2. The molecule has 1 rings (SSSR count). The van der Waals surface area contributed by atoms with E-state index in [1.165, 1.54) is 12.1 Å². The summed E-state index contributed by atoms with van der Waals surface area (Å²) in [6.45, 7) is 3.83. The van der Waals surface area contributed by atoms with E-state index in [4.69, 9.17) is 10.8 Å². The average molecular weight is 282 g/mol. The number of hydrogen-bond acceptors (Lipinski definition) is 3. The van der Waals surface area contributed by atoms with E-state index in [1.807, 2.05) is 13.8 Å². The van der Waals surface area contributed by atoms with Crippen molar-refractivity contribution in [2.24, 2.45) is 11.8 Å². The number of hydrogen-bond donors (Lipinski definition) is 3. The fraction of sp³-hybridized carbons (Fsp3) is 0.429. The van der Waals surface area contributed by atoms with Gasteiger partial charge in [-0.3, -0.25) is 9.59 Å². The van der Waals surface area contributed by atoms with Crippen LogP contribution in [0.5, 0.6) is 0 Å². The largest absolute Gasteiger partial charge is 0.481 e. The molecule has 0 aliphatic heterocycles. The standard InChI is InChI=1S/C14H19FN2O3/c1-8(2)5-10(14(19)20)7-17-13(18)9-3-4-12(16)11(15)6-9/h3-4,6,8,10H,5,7,16H2,1-2H3,(H,17,18)(H,19,20). The van der Waals surface area contributed by atoms with Gasteiger partial charge in [-0.05, 0) is 30.5 Å². The van der Waals surface area contributed by atoms with Crippen molar-refractivity contribution in [3.63, 3.8) is 0 Å². The maximum atomic E-state index is 13.2. The lowest BCUT2D eigenvalue weighted by atomic mass is 9.97. The van der Waals surface area contributed by atoms with Gasteiger partial charge in [-0.15, -0.1) is 0 Å². The van der Waals surface area contributed by atoms with Gasteiger partial charge in [0.05, 0.1) is 11.6 Å². The molecule has 1 atom stereocenters. The van der Waals surface area contributed by atoms with Gasteiger partial charge in [0, 0.05) is 12.1 Å². The molecule has 0 saturated carbocycles. The van der Waals surface area contributed by atoms with E-state index in [2.05, 4.69) is 5.32 Å². The number of nitrogens with two attached hydrogens (primary N) is 1. The molecule has 1 unspecified atom stereocenters. The van der Waals surface area contributed by atoms with Gasteiger partial charge in [0.2, 0.25) is 0 Å². The number of nitrogen functional groups attached to an aromatic ring is 1. The summed E-state index contributed by atoms with van der Waals surface area (Å²) in [4.78, 5) is 22.9. The van der Waals surface area contributed by atoms with E-state index in [-0.39, 0.29) is 23.7 Å². The summed E-state index contributed by atoms with van der Waals surface area (Å²) in [6, 6.07) is 3.72. The fourth-order valence-electron chi connectivity index (χ4n) is 1.83. The molecule has 20 heavy (non-hydrogen) atoms. The highest BCUT2D eigenvalue weighted by Crippen LogP contribution is 2.13. The van der Waals surface area contributed by atoms with Crippen molar-refractivity contribution >= 4 is 17.6 Å². The normalized spacial score (nSPS) is 12.2. The number of anilines is 1. The Morgan fingerprint density at radius 1 is 1.40 bits per heavy atom. The summed E-state index contributed by atoms with van der Waals surface area (Å²) < 4.78 is 13.2. The molecule has 0 aliphatic carbocycles. The number of carboxylic acids is 1. The predicted molar refractivity (Wildman–Crippen MR) is 73.7 cm³/mol. The van der Waals surface area contributed by atoms with E-state index in [9.17, 15) is 14.0 Å². The van der Waals surface area contributed by atoms with Gasteiger partial charge >= 0.3 is 5.97 Å². The third-order valence-electron chi connectivity index (χ3n) is 2.88. The van der Waals surface area contributed by atoms with Crippen LogP contribution in [0.25, 0.3) is 0 Å². The van der Waals surface area contributed by atoms with Gasteiger partial charge < -0.3 is 16.2 Å². The van der Waals surface area contributed by atoms with E-state index in [0.717, 1.165) is 6.07 Å². The van der Waals surface area contributed by atoms with Crippen molar-refractivity contribution < 1.29 is 19.1 Å². The molecular formula is C14H19FN2O3. The number of halogens is 1. The lowest BCUT2D eigenvalue weighted by molar-refractivity contribution is -0.142. The van der Waals surface area contributed by atoms with Crippen LogP contribution in [0.15, 0.2) is 18.2 Å². The van der Waals surface area contributed by atoms with Gasteiger partial charge in [0.15, 0.2) is 0 Å². The Balaban J connectivity index is 2.65. The van der Waals surface area contributed by atoms with E-state index in [0.29, 0.717) is 6.42 Å². The topological polar surface area (TPSA) is 92.4 Å². The van der Waals surface area contributed by atoms with Crippen LogP contribution in [-0.2, 0) is 4.79 Å². The van der Waals surface area contributed by atoms with E-state index < -0.39 is 23.6 Å². The predicted octanol–water partition coefficient (Wildman–Crippen LogP) is 1.88. The first-order chi connectivity index (χ1) is 9.31. The molecule has 6 heteroatoms. The Labute approximate surface area is 117 Å². The number of nitrogens with one attached hydrogen (secondary N) is 1. The Bertz CT molecular complexity index is 503. The Morgan fingerprint density at radius 2 is 2.05 bits per heavy atom. The molecule has 0 aromatic heterocycles. The van der Waals surface area contributed by atoms with Crippen LogP contribution in [0.1, 0.15) is 30.6 Å². The lowest BCUT2D eigenvalue weighted by Crippen LogP contribution is -2.33. The summed E-state index contributed by atoms with van der Waals surface area (Å²) in [5, 5.41) is 11.6. The number of aliphatic carboxylic acids is 1. The number of carboxylic acid groups (broad SMARTS) is 1. The monoisotopic (exact) mass is 282 g/mol. The summed E-state index contributed by atoms with van der Waals surface area (Å²) >= 11 is 0. The number of amides is 1. The molecule has 1 amide bonds. The molecule has 1 aromatic rings. The highest BCUT2D eigenvalue weighted by Gasteiger charge is 2.20. The Kier molecular flexibility index (Phi) is 5.49. The van der Waals surface area contributed by atoms with Crippen molar-refractivity contribution in [1.82, 2.24) is 5.32 Å². The summed E-state index contributed by atoms with van der Waals surface area (Å²) in [5.74, 6) is -2.59. The summed E-state index contributed by atoms with van der Waals surface area (Å²) in [6.07, 6.45) is 0.464. The second-order valence-electron chi connectivity index (χ2n) is 5.11. The first-order valence-corrected chi connectivity index (χ1v) is 6.37. The fourth-order valence-corrected chi connectivity index (χ4v) is 1.83. The van der Waals surface area contributed by atoms with Crippen molar-refractivity contribution in [3.05, 3.63) is 29.6 Å². The van der Waals surface area contributed by atoms with Gasteiger partial charge in [0.25, 0.3) is 5.91 Å². The molecule has 5 nitrogen and oxygen atoms in total. The van der Waals surface area contributed by atoms with Crippen LogP contribution in [0.2, 0.25) is 0 Å². The zero-order valence-electron chi connectivity index (χ0n) is 11.5. The molecule has 0 saturated heterocycles. The maximum Gasteiger partial charge on any atom is 0.308 e. The number of rotatable bonds is 6. The second-order valence-corrected chi connectivity index (χ2v) is 5.11. The molecule has 0 radical (unpaired) electrons. The molecule has 0 spiro atoms. The third kappa shape index (κ3) is 4.53. The van der Waals surface area contributed by atoms with Crippen LogP contribution >= 0.6 is 0 Å². The molecular weight excluding hydrogens is 263 g/mol. The zero-order chi connectivity index (χ0) is 15.3. The molecule has 0 fully saturated rings. The van der Waals surface area contributed by atoms with Crippen LogP contribution in [0.4, 0.5) is 10.1 Å². The van der Waals surface area contributed by atoms with Gasteiger partial charge in [-0.25, -0.2) is 4.39 Å². The highest BCUT2D eigenvalue weighted by atomic mass is 19.1. The average Bonchev–Trinajstić information content (AvgIpc) is 2.36. The van der Waals surface area contributed by atoms with Gasteiger partial charge in [-0.1, -0.05) is 13.8 Å². The van der Waals surface area contributed by atoms with E-state index in [1.54, 1.807) is 0 Å². The molecule has 0 bridgehead atoms. The second kappa shape index (κ2) is 6.88. The molecule has 4 N–H and O–H groups in total. The van der Waals surface area contributed by atoms with E-state index >= 15 is 0 Å². The maximum absolute atomic E-state index is 13.2. The number of carbonyl (C=O) groups excluding carboxylic acids is 1. The number of benzene rings is 1.